The molecule has 0 radical (unpaired) electrons. The second-order valence-corrected chi connectivity index (χ2v) is 6.12. The number of halogens is 2. The summed E-state index contributed by atoms with van der Waals surface area (Å²) in [6, 6.07) is 9.23. The highest BCUT2D eigenvalue weighted by Gasteiger charge is 2.16. The van der Waals surface area contributed by atoms with E-state index < -0.39 is 0 Å². The number of carbonyl (C=O) groups is 1. The molecule has 0 saturated carbocycles. The van der Waals surface area contributed by atoms with Crippen LogP contribution < -0.4 is 10.6 Å². The third kappa shape index (κ3) is 3.97. The summed E-state index contributed by atoms with van der Waals surface area (Å²) in [6.07, 6.45) is 3.16. The molecular formula is C19H16ClFN4O. The minimum absolute atomic E-state index is 0.294. The summed E-state index contributed by atoms with van der Waals surface area (Å²) in [5, 5.41) is 6.32. The molecule has 3 rings (SSSR count). The second-order valence-electron chi connectivity index (χ2n) is 5.73. The first-order valence-electron chi connectivity index (χ1n) is 7.86. The van der Waals surface area contributed by atoms with Gasteiger partial charge < -0.3 is 10.6 Å². The van der Waals surface area contributed by atoms with Gasteiger partial charge in [-0.1, -0.05) is 11.6 Å². The van der Waals surface area contributed by atoms with Crippen LogP contribution in [0, 0.1) is 19.7 Å². The first-order chi connectivity index (χ1) is 12.4. The third-order valence-corrected chi connectivity index (χ3v) is 3.98. The Bertz CT molecular complexity index is 937. The van der Waals surface area contributed by atoms with E-state index in [2.05, 4.69) is 20.6 Å². The standard InChI is InChI=1S/C19H16ClFN4O/c1-11-9-17(20)23-12(2)18(11)19(26)25-15-7-8-22-10-16(15)24-14-5-3-13(21)4-6-14/h3-10,24H,1-2H3,(H,22,25,26). The van der Waals surface area contributed by atoms with Crippen LogP contribution in [0.3, 0.4) is 0 Å². The summed E-state index contributed by atoms with van der Waals surface area (Å²) in [5.74, 6) is -0.617. The molecule has 0 fully saturated rings. The Morgan fingerprint density at radius 1 is 1.12 bits per heavy atom. The number of nitrogens with one attached hydrogen (secondary N) is 2. The van der Waals surface area contributed by atoms with Gasteiger partial charge in [0.1, 0.15) is 11.0 Å². The fourth-order valence-electron chi connectivity index (χ4n) is 2.60. The average molecular weight is 371 g/mol. The monoisotopic (exact) mass is 370 g/mol. The topological polar surface area (TPSA) is 66.9 Å². The molecular weight excluding hydrogens is 355 g/mol. The highest BCUT2D eigenvalue weighted by Crippen LogP contribution is 2.26. The Hall–Kier alpha value is -2.99. The van der Waals surface area contributed by atoms with Crippen molar-refractivity contribution in [1.29, 1.82) is 0 Å². The fourth-order valence-corrected chi connectivity index (χ4v) is 2.89. The van der Waals surface area contributed by atoms with Crippen LogP contribution in [0.2, 0.25) is 5.15 Å². The Morgan fingerprint density at radius 3 is 2.54 bits per heavy atom. The lowest BCUT2D eigenvalue weighted by molar-refractivity contribution is 0.102. The van der Waals surface area contributed by atoms with Crippen molar-refractivity contribution in [3.05, 3.63) is 76.6 Å². The Kier molecular flexibility index (Phi) is 5.14. The molecule has 2 heterocycles. The van der Waals surface area contributed by atoms with Crippen LogP contribution in [-0.2, 0) is 0 Å². The Balaban J connectivity index is 1.87. The van der Waals surface area contributed by atoms with E-state index in [-0.39, 0.29) is 11.7 Å². The zero-order chi connectivity index (χ0) is 18.7. The first-order valence-corrected chi connectivity index (χ1v) is 8.23. The summed E-state index contributed by atoms with van der Waals surface area (Å²) in [6.45, 7) is 3.54. The molecule has 0 aliphatic heterocycles. The summed E-state index contributed by atoms with van der Waals surface area (Å²) in [4.78, 5) is 20.9. The maximum Gasteiger partial charge on any atom is 0.257 e. The van der Waals surface area contributed by atoms with Crippen molar-refractivity contribution >= 4 is 34.6 Å². The Labute approximate surface area is 155 Å². The SMILES string of the molecule is Cc1cc(Cl)nc(C)c1C(=O)Nc1ccncc1Nc1ccc(F)cc1. The van der Waals surface area contributed by atoms with Crippen LogP contribution in [0.1, 0.15) is 21.6 Å². The number of aromatic nitrogens is 2. The van der Waals surface area contributed by atoms with Crippen molar-refractivity contribution in [2.24, 2.45) is 0 Å². The number of carbonyl (C=O) groups excluding carboxylic acids is 1. The van der Waals surface area contributed by atoms with E-state index in [1.165, 1.54) is 12.1 Å². The number of hydrogen-bond donors (Lipinski definition) is 2. The van der Waals surface area contributed by atoms with Crippen LogP contribution in [-0.4, -0.2) is 15.9 Å². The quantitative estimate of drug-likeness (QED) is 0.642. The summed E-state index contributed by atoms with van der Waals surface area (Å²) in [7, 11) is 0. The van der Waals surface area contributed by atoms with Gasteiger partial charge in [-0.3, -0.25) is 9.78 Å². The van der Waals surface area contributed by atoms with Gasteiger partial charge in [-0.05, 0) is 55.8 Å². The number of nitrogens with zero attached hydrogens (tertiary/aromatic N) is 2. The molecule has 26 heavy (non-hydrogen) atoms. The molecule has 2 aromatic heterocycles. The van der Waals surface area contributed by atoms with Gasteiger partial charge in [0.25, 0.3) is 5.91 Å². The second kappa shape index (κ2) is 7.49. The van der Waals surface area contributed by atoms with E-state index in [0.717, 1.165) is 5.56 Å². The van der Waals surface area contributed by atoms with Crippen molar-refractivity contribution in [2.45, 2.75) is 13.8 Å². The highest BCUT2D eigenvalue weighted by atomic mass is 35.5. The summed E-state index contributed by atoms with van der Waals surface area (Å²) >= 11 is 5.93. The number of hydrogen-bond acceptors (Lipinski definition) is 4. The minimum atomic E-state index is -0.323. The summed E-state index contributed by atoms with van der Waals surface area (Å²) < 4.78 is 13.1. The van der Waals surface area contributed by atoms with E-state index in [4.69, 9.17) is 11.6 Å². The number of aryl methyl sites for hydroxylation is 2. The molecule has 132 valence electrons. The molecule has 0 aliphatic carbocycles. The molecule has 1 amide bonds. The van der Waals surface area contributed by atoms with Gasteiger partial charge in [0.05, 0.1) is 28.8 Å². The first kappa shape index (κ1) is 17.8. The largest absolute Gasteiger partial charge is 0.353 e. The molecule has 1 aromatic carbocycles. The van der Waals surface area contributed by atoms with Gasteiger partial charge in [0.2, 0.25) is 0 Å². The Morgan fingerprint density at radius 2 is 1.85 bits per heavy atom. The van der Waals surface area contributed by atoms with E-state index in [0.29, 0.717) is 33.5 Å². The maximum absolute atomic E-state index is 13.1. The van der Waals surface area contributed by atoms with Gasteiger partial charge in [-0.15, -0.1) is 0 Å². The van der Waals surface area contributed by atoms with Crippen molar-refractivity contribution in [1.82, 2.24) is 9.97 Å². The smallest absolute Gasteiger partial charge is 0.257 e. The average Bonchev–Trinajstić information content (AvgIpc) is 2.57. The lowest BCUT2D eigenvalue weighted by Crippen LogP contribution is -2.17. The minimum Gasteiger partial charge on any atom is -0.353 e. The maximum atomic E-state index is 13.1. The molecule has 7 heteroatoms. The zero-order valence-corrected chi connectivity index (χ0v) is 14.9. The number of amides is 1. The van der Waals surface area contributed by atoms with Gasteiger partial charge in [-0.2, -0.15) is 0 Å². The number of pyridine rings is 2. The van der Waals surface area contributed by atoms with Crippen molar-refractivity contribution in [3.63, 3.8) is 0 Å². The van der Waals surface area contributed by atoms with Crippen LogP contribution in [0.5, 0.6) is 0 Å². The van der Waals surface area contributed by atoms with Crippen molar-refractivity contribution < 1.29 is 9.18 Å². The van der Waals surface area contributed by atoms with E-state index >= 15 is 0 Å². The molecule has 0 bridgehead atoms. The lowest BCUT2D eigenvalue weighted by atomic mass is 10.1. The van der Waals surface area contributed by atoms with E-state index in [9.17, 15) is 9.18 Å². The normalized spacial score (nSPS) is 10.5. The molecule has 0 unspecified atom stereocenters. The fraction of sp³-hybridized carbons (Fsp3) is 0.105. The molecule has 0 atom stereocenters. The predicted molar refractivity (Wildman–Crippen MR) is 101 cm³/mol. The number of anilines is 3. The van der Waals surface area contributed by atoms with Crippen LogP contribution in [0.4, 0.5) is 21.5 Å². The molecule has 3 aromatic rings. The third-order valence-electron chi connectivity index (χ3n) is 3.79. The summed E-state index contributed by atoms with van der Waals surface area (Å²) in [5.41, 5.74) is 3.57. The van der Waals surface area contributed by atoms with E-state index in [1.807, 2.05) is 0 Å². The zero-order valence-electron chi connectivity index (χ0n) is 14.2. The molecule has 0 aliphatic rings. The molecule has 0 saturated heterocycles. The van der Waals surface area contributed by atoms with Crippen LogP contribution in [0.25, 0.3) is 0 Å². The van der Waals surface area contributed by atoms with Gasteiger partial charge in [0, 0.05) is 11.9 Å². The molecule has 2 N–H and O–H groups in total. The van der Waals surface area contributed by atoms with Gasteiger partial charge in [0.15, 0.2) is 0 Å². The highest BCUT2D eigenvalue weighted by molar-refractivity contribution is 6.29. The van der Waals surface area contributed by atoms with Crippen LogP contribution in [0.15, 0.2) is 48.8 Å². The van der Waals surface area contributed by atoms with Gasteiger partial charge in [-0.25, -0.2) is 9.37 Å². The van der Waals surface area contributed by atoms with Crippen LogP contribution >= 0.6 is 11.6 Å². The molecule has 0 spiro atoms. The number of rotatable bonds is 4. The predicted octanol–water partition coefficient (Wildman–Crippen LogP) is 4.88. The van der Waals surface area contributed by atoms with E-state index in [1.54, 1.807) is 50.5 Å². The van der Waals surface area contributed by atoms with Crippen molar-refractivity contribution in [3.8, 4) is 0 Å². The molecule has 5 nitrogen and oxygen atoms in total. The number of benzene rings is 1. The van der Waals surface area contributed by atoms with Crippen molar-refractivity contribution in [2.75, 3.05) is 10.6 Å². The lowest BCUT2D eigenvalue weighted by Gasteiger charge is -2.14. The van der Waals surface area contributed by atoms with Gasteiger partial charge >= 0.3 is 0 Å².